The van der Waals surface area contributed by atoms with E-state index in [1.165, 1.54) is 13.4 Å². The molecule has 2 rings (SSSR count). The highest BCUT2D eigenvalue weighted by atomic mass is 16.5. The number of methoxy groups -OCH3 is 1. The van der Waals surface area contributed by atoms with Gasteiger partial charge in [0.2, 0.25) is 0 Å². The number of pyridine rings is 1. The maximum absolute atomic E-state index is 11.0. The van der Waals surface area contributed by atoms with E-state index in [0.717, 1.165) is 11.2 Å². The van der Waals surface area contributed by atoms with E-state index in [2.05, 4.69) is 14.8 Å². The van der Waals surface area contributed by atoms with Crippen LogP contribution in [0.4, 0.5) is 0 Å². The van der Waals surface area contributed by atoms with Gasteiger partial charge in [-0.05, 0) is 11.6 Å². The van der Waals surface area contributed by atoms with Crippen molar-refractivity contribution in [2.24, 2.45) is 0 Å². The van der Waals surface area contributed by atoms with E-state index < -0.39 is 0 Å². The van der Waals surface area contributed by atoms with Crippen LogP contribution < -0.4 is 0 Å². The number of hydrogen-bond acceptors (Lipinski definition) is 4. The number of hydrogen-bond donors (Lipinski definition) is 0. The van der Waals surface area contributed by atoms with Crippen LogP contribution in [0, 0.1) is 0 Å². The van der Waals surface area contributed by atoms with Crippen molar-refractivity contribution < 1.29 is 9.53 Å². The maximum Gasteiger partial charge on any atom is 0.310 e. The van der Waals surface area contributed by atoms with Crippen molar-refractivity contribution in [3.05, 3.63) is 30.2 Å². The zero-order chi connectivity index (χ0) is 9.97. The van der Waals surface area contributed by atoms with Crippen molar-refractivity contribution in [3.63, 3.8) is 0 Å². The van der Waals surface area contributed by atoms with Crippen LogP contribution in [-0.4, -0.2) is 27.7 Å². The Morgan fingerprint density at radius 1 is 1.57 bits per heavy atom. The Morgan fingerprint density at radius 2 is 2.43 bits per heavy atom. The summed E-state index contributed by atoms with van der Waals surface area (Å²) in [4.78, 5) is 15.0. The number of carbonyl (C=O) groups is 1. The summed E-state index contributed by atoms with van der Waals surface area (Å²) < 4.78 is 6.19. The normalized spacial score (nSPS) is 10.4. The number of rotatable bonds is 2. The number of nitrogens with zero attached hydrogens (tertiary/aromatic N) is 3. The molecule has 5 nitrogen and oxygen atoms in total. The van der Waals surface area contributed by atoms with E-state index in [1.807, 2.05) is 12.1 Å². The molecule has 0 radical (unpaired) electrons. The van der Waals surface area contributed by atoms with Gasteiger partial charge in [0.05, 0.1) is 13.5 Å². The van der Waals surface area contributed by atoms with Gasteiger partial charge in [0.25, 0.3) is 0 Å². The molecule has 0 spiro atoms. The molecule has 14 heavy (non-hydrogen) atoms. The molecule has 0 amide bonds. The largest absolute Gasteiger partial charge is 0.469 e. The number of fused-ring (bicyclic) bond motifs is 1. The first kappa shape index (κ1) is 8.68. The summed E-state index contributed by atoms with van der Waals surface area (Å²) in [6, 6.07) is 3.65. The molecule has 72 valence electrons. The SMILES string of the molecule is COC(=O)Cc1ccc2ncnn2c1. The monoisotopic (exact) mass is 191 g/mol. The molecule has 2 aromatic rings. The van der Waals surface area contributed by atoms with Gasteiger partial charge in [0.15, 0.2) is 5.65 Å². The lowest BCUT2D eigenvalue weighted by Gasteiger charge is -1.99. The Labute approximate surface area is 80.3 Å². The second-order valence-electron chi connectivity index (χ2n) is 2.85. The summed E-state index contributed by atoms with van der Waals surface area (Å²) >= 11 is 0. The van der Waals surface area contributed by atoms with Crippen LogP contribution in [0.5, 0.6) is 0 Å². The molecule has 0 saturated carbocycles. The lowest BCUT2D eigenvalue weighted by Crippen LogP contribution is -2.05. The Bertz CT molecular complexity index is 464. The Kier molecular flexibility index (Phi) is 2.14. The molecular weight excluding hydrogens is 182 g/mol. The van der Waals surface area contributed by atoms with E-state index in [9.17, 15) is 4.79 Å². The molecule has 5 heteroatoms. The molecule has 0 N–H and O–H groups in total. The van der Waals surface area contributed by atoms with Crippen LogP contribution in [0.25, 0.3) is 5.65 Å². The van der Waals surface area contributed by atoms with Crippen molar-refractivity contribution in [2.45, 2.75) is 6.42 Å². The molecular formula is C9H9N3O2. The van der Waals surface area contributed by atoms with Crippen LogP contribution in [0.2, 0.25) is 0 Å². The molecule has 0 atom stereocenters. The highest BCUT2D eigenvalue weighted by molar-refractivity contribution is 5.72. The summed E-state index contributed by atoms with van der Waals surface area (Å²) in [5.41, 5.74) is 1.62. The second kappa shape index (κ2) is 3.45. The molecule has 0 aliphatic heterocycles. The highest BCUT2D eigenvalue weighted by Gasteiger charge is 2.03. The molecule has 2 aromatic heterocycles. The Morgan fingerprint density at radius 3 is 3.21 bits per heavy atom. The molecule has 0 aromatic carbocycles. The fourth-order valence-electron chi connectivity index (χ4n) is 1.20. The first-order chi connectivity index (χ1) is 6.79. The quantitative estimate of drug-likeness (QED) is 0.646. The summed E-state index contributed by atoms with van der Waals surface area (Å²) in [6.45, 7) is 0. The average Bonchev–Trinajstić information content (AvgIpc) is 2.64. The van der Waals surface area contributed by atoms with E-state index >= 15 is 0 Å². The third-order valence-electron chi connectivity index (χ3n) is 1.91. The smallest absolute Gasteiger partial charge is 0.310 e. The lowest BCUT2D eigenvalue weighted by molar-refractivity contribution is -0.139. The Balaban J connectivity index is 2.30. The van der Waals surface area contributed by atoms with Crippen LogP contribution in [0.1, 0.15) is 5.56 Å². The van der Waals surface area contributed by atoms with E-state index in [0.29, 0.717) is 0 Å². The predicted molar refractivity (Wildman–Crippen MR) is 48.7 cm³/mol. The van der Waals surface area contributed by atoms with Crippen molar-refractivity contribution >= 4 is 11.6 Å². The minimum atomic E-state index is -0.260. The summed E-state index contributed by atoms with van der Waals surface area (Å²) in [5, 5.41) is 3.97. The van der Waals surface area contributed by atoms with E-state index in [4.69, 9.17) is 0 Å². The molecule has 0 bridgehead atoms. The third kappa shape index (κ3) is 1.56. The van der Waals surface area contributed by atoms with Gasteiger partial charge < -0.3 is 4.74 Å². The van der Waals surface area contributed by atoms with Crippen LogP contribution in [0.3, 0.4) is 0 Å². The van der Waals surface area contributed by atoms with Crippen molar-refractivity contribution in [3.8, 4) is 0 Å². The van der Waals surface area contributed by atoms with Crippen LogP contribution in [0.15, 0.2) is 24.7 Å². The zero-order valence-corrected chi connectivity index (χ0v) is 7.67. The van der Waals surface area contributed by atoms with Gasteiger partial charge in [-0.3, -0.25) is 4.79 Å². The van der Waals surface area contributed by atoms with E-state index in [-0.39, 0.29) is 12.4 Å². The third-order valence-corrected chi connectivity index (χ3v) is 1.91. The first-order valence-corrected chi connectivity index (χ1v) is 4.14. The molecule has 0 aliphatic rings. The number of ether oxygens (including phenoxy) is 1. The topological polar surface area (TPSA) is 56.5 Å². The van der Waals surface area contributed by atoms with Gasteiger partial charge in [-0.15, -0.1) is 0 Å². The van der Waals surface area contributed by atoms with Crippen LogP contribution in [-0.2, 0) is 16.0 Å². The molecule has 0 fully saturated rings. The molecule has 0 aliphatic carbocycles. The Hall–Kier alpha value is -1.91. The van der Waals surface area contributed by atoms with Crippen LogP contribution >= 0.6 is 0 Å². The van der Waals surface area contributed by atoms with Gasteiger partial charge in [0.1, 0.15) is 6.33 Å². The van der Waals surface area contributed by atoms with Crippen molar-refractivity contribution in [1.82, 2.24) is 14.6 Å². The van der Waals surface area contributed by atoms with Gasteiger partial charge in [-0.2, -0.15) is 5.10 Å². The van der Waals surface area contributed by atoms with Gasteiger partial charge in [-0.1, -0.05) is 6.07 Å². The fourth-order valence-corrected chi connectivity index (χ4v) is 1.20. The summed E-state index contributed by atoms with van der Waals surface area (Å²) in [5.74, 6) is -0.260. The summed E-state index contributed by atoms with van der Waals surface area (Å²) in [6.07, 6.45) is 3.49. The second-order valence-corrected chi connectivity index (χ2v) is 2.85. The molecule has 2 heterocycles. The van der Waals surface area contributed by atoms with E-state index in [1.54, 1.807) is 10.7 Å². The fraction of sp³-hybridized carbons (Fsp3) is 0.222. The lowest BCUT2D eigenvalue weighted by atomic mass is 10.2. The molecule has 0 unspecified atom stereocenters. The average molecular weight is 191 g/mol. The first-order valence-electron chi connectivity index (χ1n) is 4.14. The van der Waals surface area contributed by atoms with Gasteiger partial charge in [-0.25, -0.2) is 9.50 Å². The van der Waals surface area contributed by atoms with Gasteiger partial charge >= 0.3 is 5.97 Å². The van der Waals surface area contributed by atoms with Crippen molar-refractivity contribution in [1.29, 1.82) is 0 Å². The van der Waals surface area contributed by atoms with Crippen molar-refractivity contribution in [2.75, 3.05) is 7.11 Å². The van der Waals surface area contributed by atoms with Gasteiger partial charge in [0, 0.05) is 6.20 Å². The predicted octanol–water partition coefficient (Wildman–Crippen LogP) is 0.445. The molecule has 0 saturated heterocycles. The minimum absolute atomic E-state index is 0.256. The number of aromatic nitrogens is 3. The minimum Gasteiger partial charge on any atom is -0.469 e. The zero-order valence-electron chi connectivity index (χ0n) is 7.67. The summed E-state index contributed by atoms with van der Waals surface area (Å²) in [7, 11) is 1.37. The number of carbonyl (C=O) groups excluding carboxylic acids is 1. The highest BCUT2D eigenvalue weighted by Crippen LogP contribution is 2.04. The maximum atomic E-state index is 11.0. The standard InChI is InChI=1S/C9H9N3O2/c1-14-9(13)4-7-2-3-8-10-6-11-12(8)5-7/h2-3,5-6H,4H2,1H3. The number of esters is 1.